The second-order valence-electron chi connectivity index (χ2n) is 5.58. The van der Waals surface area contributed by atoms with Gasteiger partial charge in [-0.25, -0.2) is 0 Å². The molecule has 0 saturated carbocycles. The molecule has 0 radical (unpaired) electrons. The van der Waals surface area contributed by atoms with Gasteiger partial charge in [-0.1, -0.05) is 30.3 Å². The van der Waals surface area contributed by atoms with E-state index in [-0.39, 0.29) is 11.4 Å². The van der Waals surface area contributed by atoms with E-state index in [9.17, 15) is 4.79 Å². The summed E-state index contributed by atoms with van der Waals surface area (Å²) in [6.07, 6.45) is 0. The van der Waals surface area contributed by atoms with E-state index in [4.69, 9.17) is 0 Å². The van der Waals surface area contributed by atoms with Gasteiger partial charge in [-0.15, -0.1) is 0 Å². The van der Waals surface area contributed by atoms with Gasteiger partial charge in [-0.2, -0.15) is 0 Å². The first-order valence-electron chi connectivity index (χ1n) is 5.98. The zero-order valence-electron chi connectivity index (χ0n) is 10.9. The van der Waals surface area contributed by atoms with Crippen LogP contribution in [0.5, 0.6) is 0 Å². The van der Waals surface area contributed by atoms with Gasteiger partial charge in [0, 0.05) is 17.7 Å². The summed E-state index contributed by atoms with van der Waals surface area (Å²) in [4.78, 5) is 14.4. The average Bonchev–Trinajstić information content (AvgIpc) is 2.55. The van der Waals surface area contributed by atoms with Crippen LogP contribution in [0, 0.1) is 0 Å². The van der Waals surface area contributed by atoms with Crippen LogP contribution < -0.4 is 0 Å². The van der Waals surface area contributed by atoms with Crippen LogP contribution in [0.3, 0.4) is 0 Å². The number of carbonyl (C=O) groups is 1. The Bertz CT molecular complexity index is 465. The van der Waals surface area contributed by atoms with Crippen LogP contribution in [-0.2, 0) is 4.79 Å². The maximum Gasteiger partial charge on any atom is 0.255 e. The van der Waals surface area contributed by atoms with E-state index in [1.165, 1.54) is 0 Å². The molecule has 17 heavy (non-hydrogen) atoms. The van der Waals surface area contributed by atoms with Crippen molar-refractivity contribution in [3.8, 4) is 0 Å². The predicted molar refractivity (Wildman–Crippen MR) is 70.5 cm³/mol. The lowest BCUT2D eigenvalue weighted by Crippen LogP contribution is -2.43. The Morgan fingerprint density at radius 1 is 1.12 bits per heavy atom. The molecule has 0 aliphatic carbocycles. The Kier molecular flexibility index (Phi) is 2.82. The molecule has 1 aliphatic heterocycles. The molecule has 1 aromatic carbocycles. The molecule has 2 heteroatoms. The molecule has 2 rings (SSSR count). The molecule has 0 saturated heterocycles. The van der Waals surface area contributed by atoms with Crippen LogP contribution in [0.2, 0.25) is 0 Å². The van der Waals surface area contributed by atoms with E-state index in [0.717, 1.165) is 23.3 Å². The maximum atomic E-state index is 12.4. The van der Waals surface area contributed by atoms with Crippen LogP contribution in [0.25, 0.3) is 5.57 Å². The van der Waals surface area contributed by atoms with Crippen molar-refractivity contribution in [3.05, 3.63) is 41.5 Å². The second-order valence-corrected chi connectivity index (χ2v) is 5.58. The first-order valence-corrected chi connectivity index (χ1v) is 5.98. The number of benzene rings is 1. The van der Waals surface area contributed by atoms with Gasteiger partial charge in [-0.3, -0.25) is 4.79 Å². The number of nitrogens with zero attached hydrogens (tertiary/aromatic N) is 1. The summed E-state index contributed by atoms with van der Waals surface area (Å²) in [6, 6.07) is 9.93. The quantitative estimate of drug-likeness (QED) is 0.724. The lowest BCUT2D eigenvalue weighted by molar-refractivity contribution is -0.127. The summed E-state index contributed by atoms with van der Waals surface area (Å²) in [7, 11) is 0. The van der Waals surface area contributed by atoms with E-state index in [1.807, 2.05) is 42.2 Å². The highest BCUT2D eigenvalue weighted by atomic mass is 16.2. The van der Waals surface area contributed by atoms with E-state index >= 15 is 0 Å². The number of hydrogen-bond acceptors (Lipinski definition) is 1. The van der Waals surface area contributed by atoms with Gasteiger partial charge >= 0.3 is 0 Å². The number of hydrogen-bond donors (Lipinski definition) is 0. The number of carbonyl (C=O) groups excluding carboxylic acids is 1. The molecule has 1 heterocycles. The summed E-state index contributed by atoms with van der Waals surface area (Å²) in [6.45, 7) is 9.02. The molecule has 1 aliphatic rings. The summed E-state index contributed by atoms with van der Waals surface area (Å²) < 4.78 is 0. The van der Waals surface area contributed by atoms with Gasteiger partial charge in [0.05, 0.1) is 0 Å². The predicted octanol–water partition coefficient (Wildman–Crippen LogP) is 3.10. The molecular formula is C15H19NO. The molecule has 90 valence electrons. The Morgan fingerprint density at radius 2 is 1.71 bits per heavy atom. The Hall–Kier alpha value is -1.57. The topological polar surface area (TPSA) is 20.3 Å². The minimum Gasteiger partial charge on any atom is -0.330 e. The lowest BCUT2D eigenvalue weighted by atomic mass is 10.0. The van der Waals surface area contributed by atoms with Crippen LogP contribution in [-0.4, -0.2) is 22.9 Å². The monoisotopic (exact) mass is 229 g/mol. The van der Waals surface area contributed by atoms with Gasteiger partial charge in [0.1, 0.15) is 0 Å². The van der Waals surface area contributed by atoms with Crippen molar-refractivity contribution in [1.29, 1.82) is 0 Å². The first kappa shape index (κ1) is 11.9. The molecule has 0 N–H and O–H groups in total. The molecule has 1 amide bonds. The van der Waals surface area contributed by atoms with E-state index in [2.05, 4.69) is 20.8 Å². The zero-order valence-corrected chi connectivity index (χ0v) is 10.9. The first-order chi connectivity index (χ1) is 7.91. The highest BCUT2D eigenvalue weighted by Gasteiger charge is 2.35. The highest BCUT2D eigenvalue weighted by Crippen LogP contribution is 2.32. The summed E-state index contributed by atoms with van der Waals surface area (Å²) in [5.41, 5.74) is 2.95. The third kappa shape index (κ3) is 2.12. The van der Waals surface area contributed by atoms with Gasteiger partial charge in [0.25, 0.3) is 5.91 Å². The van der Waals surface area contributed by atoms with Crippen LogP contribution in [0.4, 0.5) is 0 Å². The molecule has 0 fully saturated rings. The standard InChI is InChI=1S/C15H19NO/c1-11-10-16(15(2,3)4)14(17)13(11)12-8-6-5-7-9-12/h5-9H,10H2,1-4H3. The average molecular weight is 229 g/mol. The summed E-state index contributed by atoms with van der Waals surface area (Å²) >= 11 is 0. The van der Waals surface area contributed by atoms with Gasteiger partial charge in [0.2, 0.25) is 0 Å². The van der Waals surface area contributed by atoms with E-state index in [1.54, 1.807) is 0 Å². The van der Waals surface area contributed by atoms with Crippen LogP contribution in [0.15, 0.2) is 35.9 Å². The number of rotatable bonds is 1. The zero-order chi connectivity index (χ0) is 12.6. The van der Waals surface area contributed by atoms with Crippen molar-refractivity contribution >= 4 is 11.5 Å². The third-order valence-electron chi connectivity index (χ3n) is 3.15. The third-order valence-corrected chi connectivity index (χ3v) is 3.15. The normalized spacial score (nSPS) is 16.9. The lowest BCUT2D eigenvalue weighted by Gasteiger charge is -2.32. The molecule has 0 atom stereocenters. The van der Waals surface area contributed by atoms with Gasteiger partial charge in [-0.05, 0) is 38.8 Å². The second kappa shape index (κ2) is 4.02. The van der Waals surface area contributed by atoms with Gasteiger partial charge < -0.3 is 4.90 Å². The van der Waals surface area contributed by atoms with Crippen LogP contribution in [0.1, 0.15) is 33.3 Å². The molecule has 0 aromatic heterocycles. The molecular weight excluding hydrogens is 210 g/mol. The highest BCUT2D eigenvalue weighted by molar-refractivity contribution is 6.22. The SMILES string of the molecule is CC1=C(c2ccccc2)C(=O)N(C(C)(C)C)C1. The summed E-state index contributed by atoms with van der Waals surface area (Å²) in [5, 5.41) is 0. The van der Waals surface area contributed by atoms with E-state index in [0.29, 0.717) is 0 Å². The van der Waals surface area contributed by atoms with Crippen molar-refractivity contribution in [1.82, 2.24) is 4.90 Å². The van der Waals surface area contributed by atoms with Crippen LogP contribution >= 0.6 is 0 Å². The molecule has 0 spiro atoms. The maximum absolute atomic E-state index is 12.4. The Balaban J connectivity index is 2.38. The Labute approximate surface area is 103 Å². The number of amides is 1. The van der Waals surface area contributed by atoms with Crippen molar-refractivity contribution in [3.63, 3.8) is 0 Å². The molecule has 1 aromatic rings. The molecule has 2 nitrogen and oxygen atoms in total. The fraction of sp³-hybridized carbons (Fsp3) is 0.400. The van der Waals surface area contributed by atoms with Gasteiger partial charge in [0.15, 0.2) is 0 Å². The van der Waals surface area contributed by atoms with Crippen molar-refractivity contribution in [2.24, 2.45) is 0 Å². The molecule has 0 bridgehead atoms. The van der Waals surface area contributed by atoms with E-state index < -0.39 is 0 Å². The van der Waals surface area contributed by atoms with Crippen molar-refractivity contribution in [2.45, 2.75) is 33.2 Å². The fourth-order valence-electron chi connectivity index (χ4n) is 2.22. The molecule has 0 unspecified atom stereocenters. The van der Waals surface area contributed by atoms with Crippen molar-refractivity contribution in [2.75, 3.05) is 6.54 Å². The largest absolute Gasteiger partial charge is 0.330 e. The summed E-state index contributed by atoms with van der Waals surface area (Å²) in [5.74, 6) is 0.154. The minimum absolute atomic E-state index is 0.116. The smallest absolute Gasteiger partial charge is 0.255 e. The fourth-order valence-corrected chi connectivity index (χ4v) is 2.22. The van der Waals surface area contributed by atoms with Crippen molar-refractivity contribution < 1.29 is 4.79 Å². The minimum atomic E-state index is -0.116. The Morgan fingerprint density at radius 3 is 2.18 bits per heavy atom.